The largest absolute Gasteiger partial charge is 0.340 e. The minimum atomic E-state index is 0.549. The Hall–Kier alpha value is -3.32. The summed E-state index contributed by atoms with van der Waals surface area (Å²) in [6, 6.07) is 23.6. The van der Waals surface area contributed by atoms with Crippen molar-refractivity contribution in [3.05, 3.63) is 77.9 Å². The van der Waals surface area contributed by atoms with Crippen LogP contribution in [0.1, 0.15) is 11.1 Å². The molecular weight excluding hydrogens is 284 g/mol. The number of rotatable bonds is 4. The second kappa shape index (κ2) is 6.63. The summed E-state index contributed by atoms with van der Waals surface area (Å²) >= 11 is 0. The van der Waals surface area contributed by atoms with Gasteiger partial charge in [-0.1, -0.05) is 36.4 Å². The van der Waals surface area contributed by atoms with Crippen LogP contribution in [-0.2, 0) is 0 Å². The van der Waals surface area contributed by atoms with Gasteiger partial charge in [-0.05, 0) is 42.8 Å². The van der Waals surface area contributed by atoms with Crippen LogP contribution in [0.4, 0.5) is 23.0 Å². The van der Waals surface area contributed by atoms with Gasteiger partial charge in [-0.15, -0.1) is 0 Å². The Kier molecular flexibility index (Phi) is 4.21. The SMILES string of the molecule is Cc1cc(Nc2ccccc2)nc(Nc2ccccc2)c1C#N. The lowest BCUT2D eigenvalue weighted by Crippen LogP contribution is -2.02. The van der Waals surface area contributed by atoms with Crippen molar-refractivity contribution in [2.24, 2.45) is 0 Å². The molecule has 0 unspecified atom stereocenters. The summed E-state index contributed by atoms with van der Waals surface area (Å²) in [5.74, 6) is 1.25. The Labute approximate surface area is 135 Å². The van der Waals surface area contributed by atoms with E-state index in [2.05, 4.69) is 21.7 Å². The lowest BCUT2D eigenvalue weighted by Gasteiger charge is -2.13. The van der Waals surface area contributed by atoms with Crippen LogP contribution in [0.5, 0.6) is 0 Å². The van der Waals surface area contributed by atoms with Crippen LogP contribution in [0.15, 0.2) is 66.7 Å². The number of pyridine rings is 1. The molecule has 3 rings (SSSR count). The average molecular weight is 300 g/mol. The van der Waals surface area contributed by atoms with E-state index in [1.165, 1.54) is 0 Å². The second-order valence-electron chi connectivity index (χ2n) is 5.14. The number of nitrogens with one attached hydrogen (secondary N) is 2. The molecule has 23 heavy (non-hydrogen) atoms. The van der Waals surface area contributed by atoms with Gasteiger partial charge in [0.2, 0.25) is 0 Å². The van der Waals surface area contributed by atoms with E-state index in [9.17, 15) is 5.26 Å². The van der Waals surface area contributed by atoms with E-state index in [0.717, 1.165) is 16.9 Å². The second-order valence-corrected chi connectivity index (χ2v) is 5.14. The van der Waals surface area contributed by atoms with E-state index in [1.54, 1.807) is 0 Å². The maximum absolute atomic E-state index is 9.41. The molecule has 0 radical (unpaired) electrons. The summed E-state index contributed by atoms with van der Waals surface area (Å²) < 4.78 is 0. The van der Waals surface area contributed by atoms with E-state index in [0.29, 0.717) is 17.2 Å². The minimum absolute atomic E-state index is 0.549. The fraction of sp³-hybridized carbons (Fsp3) is 0.0526. The molecule has 0 aliphatic rings. The molecule has 0 saturated heterocycles. The Morgan fingerprint density at radius 1 is 0.870 bits per heavy atom. The first kappa shape index (κ1) is 14.6. The molecular formula is C19H16N4. The van der Waals surface area contributed by atoms with Crippen LogP contribution in [-0.4, -0.2) is 4.98 Å². The van der Waals surface area contributed by atoms with Crippen molar-refractivity contribution in [1.82, 2.24) is 4.98 Å². The molecule has 2 N–H and O–H groups in total. The number of anilines is 4. The first-order valence-corrected chi connectivity index (χ1v) is 7.32. The first-order chi connectivity index (χ1) is 11.3. The van der Waals surface area contributed by atoms with Crippen LogP contribution in [0.25, 0.3) is 0 Å². The smallest absolute Gasteiger partial charge is 0.151 e. The minimum Gasteiger partial charge on any atom is -0.340 e. The predicted octanol–water partition coefficient (Wildman–Crippen LogP) is 4.75. The summed E-state index contributed by atoms with van der Waals surface area (Å²) in [6.45, 7) is 1.91. The number of aryl methyl sites for hydroxylation is 1. The van der Waals surface area contributed by atoms with E-state index >= 15 is 0 Å². The average Bonchev–Trinajstić information content (AvgIpc) is 2.57. The molecule has 1 heterocycles. The molecule has 4 heteroatoms. The van der Waals surface area contributed by atoms with Crippen molar-refractivity contribution in [3.63, 3.8) is 0 Å². The van der Waals surface area contributed by atoms with Gasteiger partial charge < -0.3 is 10.6 Å². The van der Waals surface area contributed by atoms with E-state index in [-0.39, 0.29) is 0 Å². The molecule has 1 aromatic heterocycles. The van der Waals surface area contributed by atoms with Crippen LogP contribution in [0.3, 0.4) is 0 Å². The van der Waals surface area contributed by atoms with Gasteiger partial charge in [0.25, 0.3) is 0 Å². The highest BCUT2D eigenvalue weighted by molar-refractivity contribution is 5.69. The molecule has 3 aromatic rings. The van der Waals surface area contributed by atoms with Crippen molar-refractivity contribution in [1.29, 1.82) is 5.26 Å². The van der Waals surface area contributed by atoms with Crippen LogP contribution >= 0.6 is 0 Å². The van der Waals surface area contributed by atoms with Crippen molar-refractivity contribution >= 4 is 23.0 Å². The summed E-state index contributed by atoms with van der Waals surface area (Å²) in [7, 11) is 0. The molecule has 0 fully saturated rings. The third kappa shape index (κ3) is 3.47. The van der Waals surface area contributed by atoms with Crippen LogP contribution in [0, 0.1) is 18.3 Å². The third-order valence-corrected chi connectivity index (χ3v) is 3.41. The number of hydrogen-bond acceptors (Lipinski definition) is 4. The predicted molar refractivity (Wildman–Crippen MR) is 93.1 cm³/mol. The highest BCUT2D eigenvalue weighted by Crippen LogP contribution is 2.25. The molecule has 0 amide bonds. The summed E-state index contributed by atoms with van der Waals surface area (Å²) in [6.07, 6.45) is 0. The van der Waals surface area contributed by atoms with Crippen molar-refractivity contribution in [2.45, 2.75) is 6.92 Å². The zero-order valence-corrected chi connectivity index (χ0v) is 12.7. The van der Waals surface area contributed by atoms with Gasteiger partial charge in [0, 0.05) is 11.4 Å². The van der Waals surface area contributed by atoms with Gasteiger partial charge in [-0.25, -0.2) is 4.98 Å². The first-order valence-electron chi connectivity index (χ1n) is 7.32. The van der Waals surface area contributed by atoms with Crippen LogP contribution in [0.2, 0.25) is 0 Å². The fourth-order valence-corrected chi connectivity index (χ4v) is 2.30. The topological polar surface area (TPSA) is 60.7 Å². The maximum atomic E-state index is 9.41. The number of benzene rings is 2. The Morgan fingerprint density at radius 3 is 2.00 bits per heavy atom. The maximum Gasteiger partial charge on any atom is 0.151 e. The number of nitriles is 1. The number of hydrogen-bond donors (Lipinski definition) is 2. The number of aromatic nitrogens is 1. The fourth-order valence-electron chi connectivity index (χ4n) is 2.30. The van der Waals surface area contributed by atoms with Gasteiger partial charge >= 0.3 is 0 Å². The summed E-state index contributed by atoms with van der Waals surface area (Å²) in [5.41, 5.74) is 3.27. The summed E-state index contributed by atoms with van der Waals surface area (Å²) in [5, 5.41) is 15.9. The normalized spacial score (nSPS) is 9.91. The molecule has 0 saturated carbocycles. The van der Waals surface area contributed by atoms with E-state index in [1.807, 2.05) is 73.7 Å². The van der Waals surface area contributed by atoms with Gasteiger partial charge in [0.05, 0.1) is 5.56 Å². The van der Waals surface area contributed by atoms with Crippen molar-refractivity contribution < 1.29 is 0 Å². The Morgan fingerprint density at radius 2 is 1.43 bits per heavy atom. The molecule has 0 spiro atoms. The lowest BCUT2D eigenvalue weighted by molar-refractivity contribution is 1.24. The zero-order valence-electron chi connectivity index (χ0n) is 12.7. The van der Waals surface area contributed by atoms with E-state index in [4.69, 9.17) is 0 Å². The quantitative estimate of drug-likeness (QED) is 0.730. The lowest BCUT2D eigenvalue weighted by atomic mass is 10.1. The molecule has 4 nitrogen and oxygen atoms in total. The molecule has 0 atom stereocenters. The highest BCUT2D eigenvalue weighted by Gasteiger charge is 2.10. The molecule has 0 aliphatic heterocycles. The molecule has 0 bridgehead atoms. The molecule has 0 aliphatic carbocycles. The molecule has 112 valence electrons. The highest BCUT2D eigenvalue weighted by atomic mass is 15.1. The van der Waals surface area contributed by atoms with Crippen LogP contribution < -0.4 is 10.6 Å². The monoisotopic (exact) mass is 300 g/mol. The number of para-hydroxylation sites is 2. The van der Waals surface area contributed by atoms with E-state index < -0.39 is 0 Å². The van der Waals surface area contributed by atoms with Crippen molar-refractivity contribution in [2.75, 3.05) is 10.6 Å². The zero-order chi connectivity index (χ0) is 16.1. The standard InChI is InChI=1S/C19H16N4/c1-14-12-18(21-15-8-4-2-5-9-15)23-19(17(14)13-20)22-16-10-6-3-7-11-16/h2-12H,1H3,(H2,21,22,23). The Bertz CT molecular complexity index is 836. The van der Waals surface area contributed by atoms with Gasteiger partial charge in [-0.3, -0.25) is 0 Å². The Balaban J connectivity index is 1.95. The van der Waals surface area contributed by atoms with Gasteiger partial charge in [0.1, 0.15) is 11.9 Å². The van der Waals surface area contributed by atoms with Gasteiger partial charge in [-0.2, -0.15) is 5.26 Å². The van der Waals surface area contributed by atoms with Crippen molar-refractivity contribution in [3.8, 4) is 6.07 Å². The third-order valence-electron chi connectivity index (χ3n) is 3.41. The van der Waals surface area contributed by atoms with Gasteiger partial charge in [0.15, 0.2) is 5.82 Å². The molecule has 2 aromatic carbocycles. The summed E-state index contributed by atoms with van der Waals surface area (Å²) in [4.78, 5) is 4.55. The number of nitrogens with zero attached hydrogens (tertiary/aromatic N) is 2.